The molecule has 3 heterocycles. The van der Waals surface area contributed by atoms with Gasteiger partial charge in [0.2, 0.25) is 0 Å². The molecule has 1 aliphatic rings. The van der Waals surface area contributed by atoms with Gasteiger partial charge in [-0.3, -0.25) is 0 Å². The fraction of sp³-hybridized carbons (Fsp3) is 0.533. The molecule has 1 fully saturated rings. The first-order valence-electron chi connectivity index (χ1n) is 7.00. The number of nitrogens with one attached hydrogen (secondary N) is 1. The summed E-state index contributed by atoms with van der Waals surface area (Å²) in [4.78, 5) is 7.26. The fourth-order valence-corrected chi connectivity index (χ4v) is 3.81. The first-order chi connectivity index (χ1) is 9.21. The van der Waals surface area contributed by atoms with Gasteiger partial charge in [0, 0.05) is 33.6 Å². The zero-order valence-electron chi connectivity index (χ0n) is 11.6. The Morgan fingerprint density at radius 1 is 1.42 bits per heavy atom. The predicted octanol–water partition coefficient (Wildman–Crippen LogP) is 2.81. The molecule has 3 rings (SSSR count). The van der Waals surface area contributed by atoms with E-state index < -0.39 is 0 Å². The van der Waals surface area contributed by atoms with Crippen molar-refractivity contribution in [2.24, 2.45) is 0 Å². The van der Waals surface area contributed by atoms with E-state index in [4.69, 9.17) is 0 Å². The number of hydrogen-bond donors (Lipinski definition) is 1. The first-order valence-corrected chi connectivity index (χ1v) is 7.82. The minimum Gasteiger partial charge on any atom is -0.329 e. The van der Waals surface area contributed by atoms with Gasteiger partial charge in [-0.1, -0.05) is 13.8 Å². The van der Waals surface area contributed by atoms with E-state index in [0.29, 0.717) is 0 Å². The molecule has 0 spiro atoms. The van der Waals surface area contributed by atoms with Crippen LogP contribution in [0.2, 0.25) is 0 Å². The van der Waals surface area contributed by atoms with Crippen LogP contribution in [0.4, 0.5) is 0 Å². The molecule has 102 valence electrons. The molecular weight excluding hydrogens is 254 g/mol. The molecule has 1 unspecified atom stereocenters. The smallest absolute Gasteiger partial charge is 0.0951 e. The monoisotopic (exact) mass is 275 g/mol. The summed E-state index contributed by atoms with van der Waals surface area (Å²) in [6.07, 6.45) is 6.35. The van der Waals surface area contributed by atoms with Crippen LogP contribution in [0, 0.1) is 0 Å². The van der Waals surface area contributed by atoms with Crippen LogP contribution in [0.25, 0.3) is 0 Å². The van der Waals surface area contributed by atoms with E-state index in [1.807, 2.05) is 23.9 Å². The number of hydrogen-bond acceptors (Lipinski definition) is 3. The SMILES string of the molecule is CCc1ccc(Cn2cncc2C2(C)CCNC2)s1. The molecule has 0 saturated carbocycles. The van der Waals surface area contributed by atoms with Crippen LogP contribution in [0.5, 0.6) is 0 Å². The van der Waals surface area contributed by atoms with Crippen molar-refractivity contribution in [2.45, 2.75) is 38.6 Å². The van der Waals surface area contributed by atoms with Gasteiger partial charge in [-0.15, -0.1) is 11.3 Å². The lowest BCUT2D eigenvalue weighted by Crippen LogP contribution is -2.28. The second-order valence-corrected chi connectivity index (χ2v) is 6.87. The van der Waals surface area contributed by atoms with Gasteiger partial charge in [-0.25, -0.2) is 4.98 Å². The normalized spacial score (nSPS) is 23.1. The van der Waals surface area contributed by atoms with Crippen LogP contribution >= 0.6 is 11.3 Å². The summed E-state index contributed by atoms with van der Waals surface area (Å²) >= 11 is 1.92. The summed E-state index contributed by atoms with van der Waals surface area (Å²) in [7, 11) is 0. The number of nitrogens with zero attached hydrogens (tertiary/aromatic N) is 2. The zero-order valence-corrected chi connectivity index (χ0v) is 12.5. The molecule has 3 nitrogen and oxygen atoms in total. The Balaban J connectivity index is 1.84. The predicted molar refractivity (Wildman–Crippen MR) is 79.9 cm³/mol. The fourth-order valence-electron chi connectivity index (χ4n) is 2.85. The highest BCUT2D eigenvalue weighted by molar-refractivity contribution is 7.11. The molecule has 4 heteroatoms. The van der Waals surface area contributed by atoms with Gasteiger partial charge in [0.15, 0.2) is 0 Å². The van der Waals surface area contributed by atoms with E-state index in [0.717, 1.165) is 26.1 Å². The van der Waals surface area contributed by atoms with Crippen molar-refractivity contribution in [1.29, 1.82) is 0 Å². The Labute approximate surface area is 118 Å². The first kappa shape index (κ1) is 12.9. The Bertz CT molecular complexity index is 549. The highest BCUT2D eigenvalue weighted by Gasteiger charge is 2.33. The van der Waals surface area contributed by atoms with Gasteiger partial charge in [-0.2, -0.15) is 0 Å². The van der Waals surface area contributed by atoms with Crippen molar-refractivity contribution >= 4 is 11.3 Å². The summed E-state index contributed by atoms with van der Waals surface area (Å²) < 4.78 is 2.32. The molecule has 1 N–H and O–H groups in total. The minimum atomic E-state index is 0.237. The van der Waals surface area contributed by atoms with E-state index in [2.05, 4.69) is 40.8 Å². The van der Waals surface area contributed by atoms with Crippen molar-refractivity contribution in [3.8, 4) is 0 Å². The zero-order chi connectivity index (χ0) is 13.3. The molecule has 1 saturated heterocycles. The van der Waals surface area contributed by atoms with Crippen LogP contribution in [0.3, 0.4) is 0 Å². The van der Waals surface area contributed by atoms with Gasteiger partial charge in [0.25, 0.3) is 0 Å². The Kier molecular flexibility index (Phi) is 3.46. The molecule has 2 aromatic rings. The summed E-state index contributed by atoms with van der Waals surface area (Å²) in [6.45, 7) is 7.68. The standard InChI is InChI=1S/C15H21N3S/c1-3-12-4-5-13(19-12)9-18-11-17-8-14(18)15(2)6-7-16-10-15/h4-5,8,11,16H,3,6-7,9-10H2,1-2H3. The van der Waals surface area contributed by atoms with Crippen molar-refractivity contribution in [2.75, 3.05) is 13.1 Å². The lowest BCUT2D eigenvalue weighted by molar-refractivity contribution is 0.482. The van der Waals surface area contributed by atoms with Crippen LogP contribution in [0.15, 0.2) is 24.7 Å². The Hall–Kier alpha value is -1.13. The van der Waals surface area contributed by atoms with Crippen LogP contribution < -0.4 is 5.32 Å². The van der Waals surface area contributed by atoms with Crippen molar-refractivity contribution in [3.63, 3.8) is 0 Å². The summed E-state index contributed by atoms with van der Waals surface area (Å²) in [5.41, 5.74) is 1.60. The molecule has 1 aliphatic heterocycles. The third-order valence-electron chi connectivity index (χ3n) is 4.09. The maximum absolute atomic E-state index is 4.37. The van der Waals surface area contributed by atoms with E-state index in [1.54, 1.807) is 0 Å². The van der Waals surface area contributed by atoms with Crippen molar-refractivity contribution in [3.05, 3.63) is 40.1 Å². The van der Waals surface area contributed by atoms with Gasteiger partial charge in [-0.05, 0) is 31.5 Å². The number of aromatic nitrogens is 2. The lowest BCUT2D eigenvalue weighted by atomic mass is 9.86. The lowest BCUT2D eigenvalue weighted by Gasteiger charge is -2.24. The van der Waals surface area contributed by atoms with Crippen molar-refractivity contribution < 1.29 is 0 Å². The average Bonchev–Trinajstić information content (AvgIpc) is 3.10. The maximum atomic E-state index is 4.37. The van der Waals surface area contributed by atoms with Crippen molar-refractivity contribution in [1.82, 2.24) is 14.9 Å². The van der Waals surface area contributed by atoms with Gasteiger partial charge < -0.3 is 9.88 Å². The topological polar surface area (TPSA) is 29.9 Å². The average molecular weight is 275 g/mol. The molecule has 0 aliphatic carbocycles. The van der Waals surface area contributed by atoms with E-state index in [-0.39, 0.29) is 5.41 Å². The maximum Gasteiger partial charge on any atom is 0.0951 e. The number of rotatable bonds is 4. The summed E-state index contributed by atoms with van der Waals surface area (Å²) in [5.74, 6) is 0. The van der Waals surface area contributed by atoms with Crippen LogP contribution in [-0.4, -0.2) is 22.6 Å². The molecule has 1 atom stereocenters. The van der Waals surface area contributed by atoms with E-state index >= 15 is 0 Å². The molecule has 2 aromatic heterocycles. The molecule has 0 amide bonds. The Morgan fingerprint density at radius 3 is 2.95 bits per heavy atom. The number of thiophene rings is 1. The number of imidazole rings is 1. The third-order valence-corrected chi connectivity index (χ3v) is 5.31. The summed E-state index contributed by atoms with van der Waals surface area (Å²) in [5, 5.41) is 3.47. The second-order valence-electron chi connectivity index (χ2n) is 5.62. The van der Waals surface area contributed by atoms with E-state index in [1.165, 1.54) is 21.9 Å². The molecule has 19 heavy (non-hydrogen) atoms. The molecule has 0 radical (unpaired) electrons. The van der Waals surface area contributed by atoms with Gasteiger partial charge >= 0.3 is 0 Å². The quantitative estimate of drug-likeness (QED) is 0.930. The third kappa shape index (κ3) is 2.47. The summed E-state index contributed by atoms with van der Waals surface area (Å²) in [6, 6.07) is 4.50. The van der Waals surface area contributed by atoms with Gasteiger partial charge in [0.05, 0.1) is 12.9 Å². The van der Waals surface area contributed by atoms with E-state index in [9.17, 15) is 0 Å². The van der Waals surface area contributed by atoms with Gasteiger partial charge in [0.1, 0.15) is 0 Å². The second kappa shape index (κ2) is 5.10. The highest BCUT2D eigenvalue weighted by atomic mass is 32.1. The van der Waals surface area contributed by atoms with Crippen LogP contribution in [0.1, 0.15) is 35.7 Å². The van der Waals surface area contributed by atoms with Crippen LogP contribution in [-0.2, 0) is 18.4 Å². The Morgan fingerprint density at radius 2 is 2.26 bits per heavy atom. The highest BCUT2D eigenvalue weighted by Crippen LogP contribution is 2.30. The minimum absolute atomic E-state index is 0.237. The molecule has 0 aromatic carbocycles. The molecule has 0 bridgehead atoms. The number of aryl methyl sites for hydroxylation is 1. The molecular formula is C15H21N3S. The largest absolute Gasteiger partial charge is 0.329 e.